The van der Waals surface area contributed by atoms with E-state index in [2.05, 4.69) is 20.3 Å². The Labute approximate surface area is 221 Å². The van der Waals surface area contributed by atoms with Crippen LogP contribution in [0.1, 0.15) is 45.0 Å². The lowest BCUT2D eigenvalue weighted by molar-refractivity contribution is -0.137. The summed E-state index contributed by atoms with van der Waals surface area (Å²) in [6, 6.07) is 0.466. The molecule has 2 saturated heterocycles. The van der Waals surface area contributed by atoms with Gasteiger partial charge in [0.15, 0.2) is 11.6 Å². The van der Waals surface area contributed by atoms with E-state index in [1.807, 2.05) is 0 Å². The van der Waals surface area contributed by atoms with Crippen LogP contribution in [-0.2, 0) is 11.0 Å². The minimum atomic E-state index is -4.65. The Kier molecular flexibility index (Phi) is 10.1. The molecule has 218 valence electrons. The van der Waals surface area contributed by atoms with Gasteiger partial charge < -0.3 is 16.0 Å². The molecule has 39 heavy (non-hydrogen) atoms. The monoisotopic (exact) mass is 567 g/mol. The first kappa shape index (κ1) is 32.0. The lowest BCUT2D eigenvalue weighted by Crippen LogP contribution is -2.46. The zero-order valence-electron chi connectivity index (χ0n) is 19.4. The number of hydrogen-bond donors (Lipinski definition) is 2. The molecule has 15 heteroatoms. The number of alkyl halides is 6. The molecule has 0 aromatic carbocycles. The van der Waals surface area contributed by atoms with Crippen LogP contribution in [-0.4, -0.2) is 70.6 Å². The molecule has 3 N–H and O–H groups in total. The van der Waals surface area contributed by atoms with Crippen molar-refractivity contribution in [2.24, 2.45) is 11.7 Å². The number of carbonyl (C=O) groups excluding carboxylic acids is 1. The second-order valence-corrected chi connectivity index (χ2v) is 9.18. The van der Waals surface area contributed by atoms with Crippen molar-refractivity contribution in [3.8, 4) is 0 Å². The number of primary amides is 1. The number of piperidine rings is 1. The third kappa shape index (κ3) is 7.46. The standard InChI is InChI=1S/C22H24F7N7O.2CH4/c23-14-8-35(9-17(30)37)4-3-12(14)6-32-19-18(24)20(34-11-33-19)36-10-21(25,26)5-16(36)15-2-1-13(7-31-15)22(27,28)29;;/h1-2,7,11-12,14,16H,3-6,8-10H2,(H2,30,37)(H,32,33,34);2*1H4/t12-,14+,16-;;/m1../s1. The van der Waals surface area contributed by atoms with Gasteiger partial charge in [-0.2, -0.15) is 17.6 Å². The van der Waals surface area contributed by atoms with E-state index in [0.29, 0.717) is 19.2 Å². The summed E-state index contributed by atoms with van der Waals surface area (Å²) >= 11 is 0. The summed E-state index contributed by atoms with van der Waals surface area (Å²) in [5.41, 5.74) is 4.00. The summed E-state index contributed by atoms with van der Waals surface area (Å²) in [6.45, 7) is -0.618. The summed E-state index contributed by atoms with van der Waals surface area (Å²) in [7, 11) is 0. The van der Waals surface area contributed by atoms with Gasteiger partial charge in [-0.1, -0.05) is 14.9 Å². The smallest absolute Gasteiger partial charge is 0.369 e. The summed E-state index contributed by atoms with van der Waals surface area (Å²) in [4.78, 5) is 24.9. The summed E-state index contributed by atoms with van der Waals surface area (Å²) in [5, 5.41) is 2.70. The predicted octanol–water partition coefficient (Wildman–Crippen LogP) is 4.45. The topological polar surface area (TPSA) is 100 Å². The van der Waals surface area contributed by atoms with Gasteiger partial charge in [0.2, 0.25) is 11.7 Å². The molecule has 4 heterocycles. The Hall–Kier alpha value is -3.23. The molecule has 2 aromatic heterocycles. The van der Waals surface area contributed by atoms with Gasteiger partial charge in [-0.3, -0.25) is 14.7 Å². The molecule has 0 radical (unpaired) electrons. The zero-order chi connectivity index (χ0) is 27.0. The van der Waals surface area contributed by atoms with E-state index in [1.165, 1.54) is 0 Å². The summed E-state index contributed by atoms with van der Waals surface area (Å²) in [5.74, 6) is -6.24. The van der Waals surface area contributed by atoms with E-state index in [0.717, 1.165) is 23.4 Å². The maximum absolute atomic E-state index is 15.3. The highest BCUT2D eigenvalue weighted by atomic mass is 19.4. The first-order valence-electron chi connectivity index (χ1n) is 11.4. The van der Waals surface area contributed by atoms with Crippen LogP contribution < -0.4 is 16.0 Å². The molecule has 2 aliphatic heterocycles. The van der Waals surface area contributed by atoms with Gasteiger partial charge in [-0.05, 0) is 25.1 Å². The fraction of sp³-hybridized carbons (Fsp3) is 0.583. The number of pyridine rings is 1. The predicted molar refractivity (Wildman–Crippen MR) is 131 cm³/mol. The van der Waals surface area contributed by atoms with Gasteiger partial charge in [-0.25, -0.2) is 23.1 Å². The molecule has 3 atom stereocenters. The van der Waals surface area contributed by atoms with Crippen LogP contribution in [0.15, 0.2) is 24.7 Å². The van der Waals surface area contributed by atoms with E-state index in [4.69, 9.17) is 5.73 Å². The molecular formula is C24H32F7N7O. The van der Waals surface area contributed by atoms with E-state index in [-0.39, 0.29) is 46.0 Å². The normalized spacial score (nSPS) is 23.1. The molecule has 0 saturated carbocycles. The fourth-order valence-corrected chi connectivity index (χ4v) is 4.60. The highest BCUT2D eigenvalue weighted by Gasteiger charge is 2.48. The van der Waals surface area contributed by atoms with Crippen LogP contribution >= 0.6 is 0 Å². The second-order valence-electron chi connectivity index (χ2n) is 9.18. The van der Waals surface area contributed by atoms with Gasteiger partial charge in [-0.15, -0.1) is 0 Å². The molecule has 2 aromatic rings. The van der Waals surface area contributed by atoms with Gasteiger partial charge in [0.05, 0.1) is 30.4 Å². The number of aromatic nitrogens is 3. The van der Waals surface area contributed by atoms with Crippen molar-refractivity contribution in [1.82, 2.24) is 19.9 Å². The molecule has 8 nitrogen and oxygen atoms in total. The molecule has 0 spiro atoms. The molecule has 2 fully saturated rings. The number of nitrogens with two attached hydrogens (primary N) is 1. The van der Waals surface area contributed by atoms with E-state index in [9.17, 15) is 31.1 Å². The number of nitrogens with zero attached hydrogens (tertiary/aromatic N) is 5. The Balaban J connectivity index is 0.00000267. The molecule has 0 aliphatic carbocycles. The SMILES string of the molecule is C.C.NC(=O)CN1CC[C@H](CNc2ncnc(N3CC(F)(F)C[C@@H]3c3ccc(C(F)(F)F)cn3)c2F)[C@@H](F)C1. The number of halogens is 7. The minimum Gasteiger partial charge on any atom is -0.369 e. The lowest BCUT2D eigenvalue weighted by Gasteiger charge is -2.34. The molecular weight excluding hydrogens is 535 g/mol. The van der Waals surface area contributed by atoms with Crippen LogP contribution in [0.3, 0.4) is 0 Å². The first-order valence-corrected chi connectivity index (χ1v) is 11.4. The quantitative estimate of drug-likeness (QED) is 0.477. The Morgan fingerprint density at radius 3 is 2.49 bits per heavy atom. The van der Waals surface area contributed by atoms with Crippen molar-refractivity contribution in [2.75, 3.05) is 42.9 Å². The molecule has 4 rings (SSSR count). The average Bonchev–Trinajstić information content (AvgIpc) is 3.13. The maximum Gasteiger partial charge on any atom is 0.417 e. The third-order valence-corrected chi connectivity index (χ3v) is 6.44. The van der Waals surface area contributed by atoms with E-state index >= 15 is 4.39 Å². The molecule has 1 amide bonds. The van der Waals surface area contributed by atoms with Gasteiger partial charge in [0.25, 0.3) is 5.92 Å². The maximum atomic E-state index is 15.3. The van der Waals surface area contributed by atoms with Crippen molar-refractivity contribution < 1.29 is 35.5 Å². The Morgan fingerprint density at radius 2 is 1.90 bits per heavy atom. The van der Waals surface area contributed by atoms with Crippen molar-refractivity contribution >= 4 is 17.5 Å². The number of likely N-dealkylation sites (tertiary alicyclic amines) is 1. The van der Waals surface area contributed by atoms with Crippen LogP contribution in [0.2, 0.25) is 0 Å². The van der Waals surface area contributed by atoms with Crippen molar-refractivity contribution in [3.05, 3.63) is 41.7 Å². The number of anilines is 2. The van der Waals surface area contributed by atoms with Gasteiger partial charge >= 0.3 is 6.18 Å². The van der Waals surface area contributed by atoms with Crippen molar-refractivity contribution in [1.29, 1.82) is 0 Å². The highest BCUT2D eigenvalue weighted by Crippen LogP contribution is 2.44. The first-order chi connectivity index (χ1) is 17.3. The van der Waals surface area contributed by atoms with Crippen LogP contribution in [0.5, 0.6) is 0 Å². The second kappa shape index (κ2) is 12.3. The number of nitrogens with one attached hydrogen (secondary N) is 1. The number of carbonyl (C=O) groups is 1. The lowest BCUT2D eigenvalue weighted by atomic mass is 9.95. The van der Waals surface area contributed by atoms with Gasteiger partial charge in [0.1, 0.15) is 12.5 Å². The van der Waals surface area contributed by atoms with Crippen LogP contribution in [0.4, 0.5) is 42.4 Å². The minimum absolute atomic E-state index is 0. The van der Waals surface area contributed by atoms with E-state index in [1.54, 1.807) is 4.90 Å². The Morgan fingerprint density at radius 1 is 1.18 bits per heavy atom. The van der Waals surface area contributed by atoms with Crippen molar-refractivity contribution in [3.63, 3.8) is 0 Å². The average molecular weight is 568 g/mol. The largest absolute Gasteiger partial charge is 0.417 e. The number of amides is 1. The van der Waals surface area contributed by atoms with Crippen LogP contribution in [0.25, 0.3) is 0 Å². The fourth-order valence-electron chi connectivity index (χ4n) is 4.60. The summed E-state index contributed by atoms with van der Waals surface area (Å²) < 4.78 is 97.2. The zero-order valence-corrected chi connectivity index (χ0v) is 19.4. The summed E-state index contributed by atoms with van der Waals surface area (Å²) in [6.07, 6.45) is -4.92. The molecule has 2 aliphatic rings. The van der Waals surface area contributed by atoms with Crippen molar-refractivity contribution in [2.45, 2.75) is 52.0 Å². The molecule has 0 bridgehead atoms. The number of rotatable bonds is 7. The van der Waals surface area contributed by atoms with Gasteiger partial charge in [0, 0.05) is 31.6 Å². The third-order valence-electron chi connectivity index (χ3n) is 6.44. The van der Waals surface area contributed by atoms with Crippen LogP contribution in [0, 0.1) is 11.7 Å². The molecule has 0 unspecified atom stereocenters. The van der Waals surface area contributed by atoms with E-state index < -0.39 is 66.3 Å². The number of hydrogen-bond acceptors (Lipinski definition) is 7. The Bertz CT molecular complexity index is 1120. The highest BCUT2D eigenvalue weighted by molar-refractivity contribution is 5.75.